The number of ether oxygens (including phenoxy) is 2. The maximum absolute atomic E-state index is 13.5. The number of anilines is 1. The van der Waals surface area contributed by atoms with E-state index in [-0.39, 0.29) is 4.90 Å². The van der Waals surface area contributed by atoms with Crippen molar-refractivity contribution >= 4 is 45.6 Å². The summed E-state index contributed by atoms with van der Waals surface area (Å²) in [7, 11) is -4.06. The summed E-state index contributed by atoms with van der Waals surface area (Å²) in [6, 6.07) is 19.4. The van der Waals surface area contributed by atoms with E-state index in [2.05, 4.69) is 10.5 Å². The fraction of sp³-hybridized carbons (Fsp3) is 0.192. The molecule has 0 aliphatic heterocycles. The Balaban J connectivity index is 1.79. The lowest BCUT2D eigenvalue weighted by molar-refractivity contribution is -0.131. The molecule has 0 fully saturated rings. The molecule has 3 rings (SSSR count). The van der Waals surface area contributed by atoms with Gasteiger partial charge in [-0.05, 0) is 91.5 Å². The first-order chi connectivity index (χ1) is 17.7. The lowest BCUT2D eigenvalue weighted by Crippen LogP contribution is -2.39. The molecule has 0 aliphatic rings. The smallest absolute Gasteiger partial charge is 0.308 e. The first-order valence-corrected chi connectivity index (χ1v) is 13.9. The van der Waals surface area contributed by atoms with Crippen molar-refractivity contribution in [1.82, 2.24) is 5.43 Å². The van der Waals surface area contributed by atoms with Gasteiger partial charge in [-0.25, -0.2) is 13.8 Å². The Morgan fingerprint density at radius 3 is 2.16 bits per heavy atom. The highest BCUT2D eigenvalue weighted by Crippen LogP contribution is 2.27. The molecular formula is C26H27N3O6S2. The molecule has 1 amide bonds. The van der Waals surface area contributed by atoms with Crippen LogP contribution >= 0.6 is 11.8 Å². The molecule has 0 aromatic heterocycles. The highest BCUT2D eigenvalue weighted by Gasteiger charge is 2.27. The number of nitrogens with one attached hydrogen (secondary N) is 1. The van der Waals surface area contributed by atoms with Crippen LogP contribution in [-0.2, 0) is 19.6 Å². The normalized spacial score (nSPS) is 11.2. The molecule has 0 aliphatic carbocycles. The van der Waals surface area contributed by atoms with Crippen LogP contribution in [0.5, 0.6) is 11.5 Å². The number of hydrogen-bond acceptors (Lipinski definition) is 8. The topological polar surface area (TPSA) is 114 Å². The molecule has 0 radical (unpaired) electrons. The third-order valence-corrected chi connectivity index (χ3v) is 7.45. The fourth-order valence-electron chi connectivity index (χ4n) is 3.20. The summed E-state index contributed by atoms with van der Waals surface area (Å²) < 4.78 is 38.5. The van der Waals surface area contributed by atoms with Gasteiger partial charge < -0.3 is 9.47 Å². The van der Waals surface area contributed by atoms with Crippen LogP contribution in [0.25, 0.3) is 0 Å². The lowest BCUT2D eigenvalue weighted by Gasteiger charge is -2.24. The molecule has 0 atom stereocenters. The van der Waals surface area contributed by atoms with Gasteiger partial charge in [-0.2, -0.15) is 5.10 Å². The summed E-state index contributed by atoms with van der Waals surface area (Å²) in [5.41, 5.74) is 3.31. The van der Waals surface area contributed by atoms with Crippen molar-refractivity contribution in [3.05, 3.63) is 78.4 Å². The summed E-state index contributed by atoms with van der Waals surface area (Å²) >= 11 is 1.50. The standard InChI is InChI=1S/C26H27N3O6S2/c1-4-34-22-11-7-21(8-12-22)29(37(32,33)25-15-13-24(36-3)14-16-25)18-26(31)28-27-17-20-5-9-23(10-6-20)35-19(2)30/h5-17H,4,18H2,1-3H3,(H,28,31)/b27-17-. The van der Waals surface area contributed by atoms with Gasteiger partial charge in [-0.15, -0.1) is 11.8 Å². The van der Waals surface area contributed by atoms with Crippen molar-refractivity contribution < 1.29 is 27.5 Å². The Bertz CT molecular complexity index is 1340. The van der Waals surface area contributed by atoms with Crippen LogP contribution in [0.15, 0.2) is 87.7 Å². The predicted molar refractivity (Wildman–Crippen MR) is 144 cm³/mol. The molecule has 0 spiro atoms. The zero-order valence-electron chi connectivity index (χ0n) is 20.6. The molecule has 194 valence electrons. The number of carbonyl (C=O) groups excluding carboxylic acids is 2. The number of thioether (sulfide) groups is 1. The second-order valence-electron chi connectivity index (χ2n) is 7.57. The maximum atomic E-state index is 13.5. The van der Waals surface area contributed by atoms with Crippen LogP contribution in [0.1, 0.15) is 19.4 Å². The minimum atomic E-state index is -4.06. The van der Waals surface area contributed by atoms with E-state index in [0.29, 0.717) is 29.4 Å². The van der Waals surface area contributed by atoms with Crippen LogP contribution in [0.2, 0.25) is 0 Å². The molecule has 0 bridgehead atoms. The number of esters is 1. The Hall–Kier alpha value is -3.83. The van der Waals surface area contributed by atoms with E-state index in [1.807, 2.05) is 13.2 Å². The van der Waals surface area contributed by atoms with Crippen LogP contribution < -0.4 is 19.2 Å². The van der Waals surface area contributed by atoms with Crippen molar-refractivity contribution in [2.45, 2.75) is 23.6 Å². The first kappa shape index (κ1) is 27.8. The van der Waals surface area contributed by atoms with E-state index in [0.717, 1.165) is 9.20 Å². The number of amides is 1. The Labute approximate surface area is 220 Å². The summed E-state index contributed by atoms with van der Waals surface area (Å²) in [4.78, 5) is 24.7. The maximum Gasteiger partial charge on any atom is 0.308 e. The molecule has 0 saturated heterocycles. The Morgan fingerprint density at radius 1 is 0.973 bits per heavy atom. The zero-order chi connectivity index (χ0) is 26.8. The summed E-state index contributed by atoms with van der Waals surface area (Å²) in [6.07, 6.45) is 3.29. The third kappa shape index (κ3) is 7.83. The van der Waals surface area contributed by atoms with Crippen molar-refractivity contribution in [2.24, 2.45) is 5.10 Å². The largest absolute Gasteiger partial charge is 0.494 e. The Morgan fingerprint density at radius 2 is 1.59 bits per heavy atom. The predicted octanol–water partition coefficient (Wildman–Crippen LogP) is 4.08. The number of benzene rings is 3. The molecule has 37 heavy (non-hydrogen) atoms. The lowest BCUT2D eigenvalue weighted by atomic mass is 10.2. The van der Waals surface area contributed by atoms with Gasteiger partial charge in [0.1, 0.15) is 18.0 Å². The molecule has 11 heteroatoms. The molecule has 9 nitrogen and oxygen atoms in total. The molecule has 3 aromatic carbocycles. The molecule has 0 unspecified atom stereocenters. The molecule has 3 aromatic rings. The van der Waals surface area contributed by atoms with Crippen molar-refractivity contribution in [3.8, 4) is 11.5 Å². The number of carbonyl (C=O) groups is 2. The van der Waals surface area contributed by atoms with Crippen LogP contribution in [0.3, 0.4) is 0 Å². The highest BCUT2D eigenvalue weighted by molar-refractivity contribution is 7.98. The second-order valence-corrected chi connectivity index (χ2v) is 10.3. The van der Waals surface area contributed by atoms with Gasteiger partial charge in [0.05, 0.1) is 23.4 Å². The van der Waals surface area contributed by atoms with Crippen LogP contribution in [0.4, 0.5) is 5.69 Å². The third-order valence-electron chi connectivity index (χ3n) is 4.91. The van der Waals surface area contributed by atoms with E-state index in [4.69, 9.17) is 9.47 Å². The molecular weight excluding hydrogens is 514 g/mol. The second kappa shape index (κ2) is 12.9. The van der Waals surface area contributed by atoms with Gasteiger partial charge in [-0.3, -0.25) is 13.9 Å². The molecule has 1 N–H and O–H groups in total. The molecule has 0 heterocycles. The van der Waals surface area contributed by atoms with Gasteiger partial charge in [0.2, 0.25) is 0 Å². The van der Waals surface area contributed by atoms with Gasteiger partial charge in [-0.1, -0.05) is 0 Å². The van der Waals surface area contributed by atoms with Crippen molar-refractivity contribution in [1.29, 1.82) is 0 Å². The van der Waals surface area contributed by atoms with Gasteiger partial charge in [0.25, 0.3) is 15.9 Å². The SMILES string of the molecule is CCOc1ccc(N(CC(=O)N/N=C\c2ccc(OC(C)=O)cc2)S(=O)(=O)c2ccc(SC)cc2)cc1. The van der Waals surface area contributed by atoms with E-state index in [1.54, 1.807) is 60.7 Å². The van der Waals surface area contributed by atoms with Crippen LogP contribution in [-0.4, -0.2) is 45.9 Å². The average molecular weight is 542 g/mol. The van der Waals surface area contributed by atoms with Gasteiger partial charge in [0.15, 0.2) is 0 Å². The van der Waals surface area contributed by atoms with E-state index < -0.39 is 28.4 Å². The minimum absolute atomic E-state index is 0.0587. The summed E-state index contributed by atoms with van der Waals surface area (Å²) in [6.45, 7) is 3.13. The average Bonchev–Trinajstić information content (AvgIpc) is 2.89. The van der Waals surface area contributed by atoms with E-state index in [1.165, 1.54) is 37.0 Å². The van der Waals surface area contributed by atoms with Crippen molar-refractivity contribution in [3.63, 3.8) is 0 Å². The monoisotopic (exact) mass is 541 g/mol. The number of hydrazone groups is 1. The number of nitrogens with zero attached hydrogens (tertiary/aromatic N) is 2. The summed E-state index contributed by atoms with van der Waals surface area (Å²) in [5, 5.41) is 3.92. The number of rotatable bonds is 11. The fourth-order valence-corrected chi connectivity index (χ4v) is 5.03. The van der Waals surface area contributed by atoms with Crippen molar-refractivity contribution in [2.75, 3.05) is 23.7 Å². The van der Waals surface area contributed by atoms with Crippen LogP contribution in [0, 0.1) is 0 Å². The van der Waals surface area contributed by atoms with E-state index in [9.17, 15) is 18.0 Å². The minimum Gasteiger partial charge on any atom is -0.494 e. The number of sulfonamides is 1. The number of hydrogen-bond donors (Lipinski definition) is 1. The Kier molecular flexibility index (Phi) is 9.70. The summed E-state index contributed by atoms with van der Waals surface area (Å²) in [5.74, 6) is -0.0935. The van der Waals surface area contributed by atoms with Gasteiger partial charge in [0, 0.05) is 11.8 Å². The zero-order valence-corrected chi connectivity index (χ0v) is 22.2. The highest BCUT2D eigenvalue weighted by atomic mass is 32.2. The first-order valence-electron chi connectivity index (χ1n) is 11.2. The van der Waals surface area contributed by atoms with Gasteiger partial charge >= 0.3 is 5.97 Å². The quantitative estimate of drug-likeness (QED) is 0.128. The van der Waals surface area contributed by atoms with E-state index >= 15 is 0 Å². The molecule has 0 saturated carbocycles.